The second-order valence-corrected chi connectivity index (χ2v) is 3.61. The molecule has 14 heavy (non-hydrogen) atoms. The van der Waals surface area contributed by atoms with Gasteiger partial charge >= 0.3 is 6.18 Å². The van der Waals surface area contributed by atoms with Crippen LogP contribution in [0.4, 0.5) is 13.2 Å². The van der Waals surface area contributed by atoms with Crippen molar-refractivity contribution in [2.75, 3.05) is 0 Å². The summed E-state index contributed by atoms with van der Waals surface area (Å²) < 4.78 is 37.4. The van der Waals surface area contributed by atoms with E-state index in [0.717, 1.165) is 12.3 Å². The van der Waals surface area contributed by atoms with Gasteiger partial charge in [-0.1, -0.05) is 0 Å². The van der Waals surface area contributed by atoms with Crippen molar-refractivity contribution in [2.45, 2.75) is 6.18 Å². The second-order valence-electron chi connectivity index (χ2n) is 2.75. The number of aromatic nitrogens is 2. The Kier molecular flexibility index (Phi) is 2.02. The van der Waals surface area contributed by atoms with Gasteiger partial charge < -0.3 is 4.98 Å². The summed E-state index contributed by atoms with van der Waals surface area (Å²) in [5, 5.41) is 0.430. The van der Waals surface area contributed by atoms with Crippen molar-refractivity contribution < 1.29 is 13.2 Å². The van der Waals surface area contributed by atoms with Gasteiger partial charge in [0.15, 0.2) is 0 Å². The number of alkyl halides is 3. The third-order valence-electron chi connectivity index (χ3n) is 1.81. The largest absolute Gasteiger partial charge is 0.417 e. The Morgan fingerprint density at radius 3 is 2.71 bits per heavy atom. The van der Waals surface area contributed by atoms with Gasteiger partial charge in [0.05, 0.1) is 5.56 Å². The van der Waals surface area contributed by atoms with Crippen molar-refractivity contribution in [1.29, 1.82) is 0 Å². The molecule has 0 amide bonds. The molecule has 74 valence electrons. The SMILES string of the molecule is FC(F)(F)c1cnc2[nH]cc(Br)c2c1. The number of pyridine rings is 1. The molecule has 0 aromatic carbocycles. The van der Waals surface area contributed by atoms with Crippen molar-refractivity contribution in [2.24, 2.45) is 0 Å². The molecular formula is C8H4BrF3N2. The predicted octanol–water partition coefficient (Wildman–Crippen LogP) is 3.34. The highest BCUT2D eigenvalue weighted by Crippen LogP contribution is 2.32. The van der Waals surface area contributed by atoms with E-state index < -0.39 is 11.7 Å². The maximum atomic E-state index is 12.3. The second kappa shape index (κ2) is 2.98. The van der Waals surface area contributed by atoms with Crippen LogP contribution < -0.4 is 0 Å². The number of H-pyrrole nitrogens is 1. The number of hydrogen-bond donors (Lipinski definition) is 1. The van der Waals surface area contributed by atoms with Crippen LogP contribution in [-0.4, -0.2) is 9.97 Å². The standard InChI is InChI=1S/C8H4BrF3N2/c9-6-3-14-7-5(6)1-4(2-13-7)8(10,11)12/h1-3H,(H,13,14). The monoisotopic (exact) mass is 264 g/mol. The highest BCUT2D eigenvalue weighted by Gasteiger charge is 2.31. The van der Waals surface area contributed by atoms with Gasteiger partial charge in [-0.05, 0) is 22.0 Å². The highest BCUT2D eigenvalue weighted by molar-refractivity contribution is 9.10. The van der Waals surface area contributed by atoms with Crippen molar-refractivity contribution >= 4 is 27.0 Å². The maximum Gasteiger partial charge on any atom is 0.417 e. The van der Waals surface area contributed by atoms with Crippen LogP contribution in [0.15, 0.2) is 22.9 Å². The van der Waals surface area contributed by atoms with Crippen molar-refractivity contribution in [3.05, 3.63) is 28.5 Å². The van der Waals surface area contributed by atoms with Crippen LogP contribution in [0.3, 0.4) is 0 Å². The number of fused-ring (bicyclic) bond motifs is 1. The van der Waals surface area contributed by atoms with E-state index in [4.69, 9.17) is 0 Å². The maximum absolute atomic E-state index is 12.3. The molecule has 0 spiro atoms. The van der Waals surface area contributed by atoms with E-state index in [-0.39, 0.29) is 0 Å². The number of hydrogen-bond acceptors (Lipinski definition) is 1. The van der Waals surface area contributed by atoms with E-state index in [1.165, 1.54) is 0 Å². The lowest BCUT2D eigenvalue weighted by molar-refractivity contribution is -0.137. The minimum Gasteiger partial charge on any atom is -0.345 e. The van der Waals surface area contributed by atoms with Crippen LogP contribution in [0.5, 0.6) is 0 Å². The zero-order chi connectivity index (χ0) is 10.3. The third kappa shape index (κ3) is 1.50. The molecule has 0 bridgehead atoms. The number of aromatic amines is 1. The van der Waals surface area contributed by atoms with E-state index in [2.05, 4.69) is 25.9 Å². The third-order valence-corrected chi connectivity index (χ3v) is 2.46. The molecule has 0 radical (unpaired) electrons. The average molecular weight is 265 g/mol. The molecule has 2 nitrogen and oxygen atoms in total. The quantitative estimate of drug-likeness (QED) is 0.777. The first-order chi connectivity index (χ1) is 6.48. The molecule has 0 saturated carbocycles. The van der Waals surface area contributed by atoms with Gasteiger partial charge in [0, 0.05) is 22.3 Å². The molecule has 2 rings (SSSR count). The Bertz CT molecular complexity index is 475. The molecule has 0 aliphatic heterocycles. The average Bonchev–Trinajstić information content (AvgIpc) is 2.46. The lowest BCUT2D eigenvalue weighted by atomic mass is 10.2. The van der Waals surface area contributed by atoms with Crippen LogP contribution >= 0.6 is 15.9 Å². The fraction of sp³-hybridized carbons (Fsp3) is 0.125. The van der Waals surface area contributed by atoms with Crippen molar-refractivity contribution in [3.8, 4) is 0 Å². The summed E-state index contributed by atoms with van der Waals surface area (Å²) in [5.74, 6) is 0. The Morgan fingerprint density at radius 1 is 1.36 bits per heavy atom. The number of rotatable bonds is 0. The van der Waals surface area contributed by atoms with Crippen molar-refractivity contribution in [1.82, 2.24) is 9.97 Å². The van der Waals surface area contributed by atoms with E-state index in [9.17, 15) is 13.2 Å². The van der Waals surface area contributed by atoms with Crippen LogP contribution in [-0.2, 0) is 6.18 Å². The predicted molar refractivity (Wildman–Crippen MR) is 48.8 cm³/mol. The molecule has 0 unspecified atom stereocenters. The number of nitrogens with one attached hydrogen (secondary N) is 1. The Hall–Kier alpha value is -1.04. The zero-order valence-electron chi connectivity index (χ0n) is 6.69. The summed E-state index contributed by atoms with van der Waals surface area (Å²) in [4.78, 5) is 6.40. The first-order valence-corrected chi connectivity index (χ1v) is 4.47. The van der Waals surface area contributed by atoms with Gasteiger partial charge in [-0.3, -0.25) is 0 Å². The molecule has 2 aromatic rings. The minimum absolute atomic E-state index is 0.430. The first-order valence-electron chi connectivity index (χ1n) is 3.68. The summed E-state index contributed by atoms with van der Waals surface area (Å²) >= 11 is 3.13. The molecule has 0 saturated heterocycles. The molecule has 1 N–H and O–H groups in total. The Morgan fingerprint density at radius 2 is 2.07 bits per heavy atom. The van der Waals surface area contributed by atoms with Gasteiger partial charge in [0.25, 0.3) is 0 Å². The summed E-state index contributed by atoms with van der Waals surface area (Å²) in [6, 6.07) is 1.06. The summed E-state index contributed by atoms with van der Waals surface area (Å²) in [7, 11) is 0. The van der Waals surface area contributed by atoms with Gasteiger partial charge in [-0.25, -0.2) is 4.98 Å². The van der Waals surface area contributed by atoms with Crippen molar-refractivity contribution in [3.63, 3.8) is 0 Å². The first kappa shape index (κ1) is 9.51. The molecule has 2 heterocycles. The van der Waals surface area contributed by atoms with Gasteiger partial charge in [-0.2, -0.15) is 13.2 Å². The zero-order valence-corrected chi connectivity index (χ0v) is 8.28. The normalized spacial score (nSPS) is 12.3. The number of nitrogens with zero attached hydrogens (tertiary/aromatic N) is 1. The summed E-state index contributed by atoms with van der Waals surface area (Å²) in [6.07, 6.45) is -1.99. The lowest BCUT2D eigenvalue weighted by Crippen LogP contribution is -2.04. The van der Waals surface area contributed by atoms with Crippen LogP contribution in [0.2, 0.25) is 0 Å². The van der Waals surface area contributed by atoms with Gasteiger partial charge in [0.2, 0.25) is 0 Å². The van der Waals surface area contributed by atoms with Crippen LogP contribution in [0.25, 0.3) is 11.0 Å². The van der Waals surface area contributed by atoms with Gasteiger partial charge in [0.1, 0.15) is 5.65 Å². The van der Waals surface area contributed by atoms with E-state index in [1.54, 1.807) is 6.20 Å². The van der Waals surface area contributed by atoms with Crippen LogP contribution in [0.1, 0.15) is 5.56 Å². The molecule has 2 aromatic heterocycles. The lowest BCUT2D eigenvalue weighted by Gasteiger charge is -2.05. The molecule has 6 heteroatoms. The Labute approximate surface area is 85.3 Å². The fourth-order valence-corrected chi connectivity index (χ4v) is 1.54. The van der Waals surface area contributed by atoms with E-state index in [0.29, 0.717) is 15.5 Å². The Balaban J connectivity index is 2.66. The topological polar surface area (TPSA) is 28.7 Å². The van der Waals surface area contributed by atoms with Gasteiger partial charge in [-0.15, -0.1) is 0 Å². The summed E-state index contributed by atoms with van der Waals surface area (Å²) in [5.41, 5.74) is -0.310. The minimum atomic E-state index is -4.35. The molecule has 0 aliphatic rings. The molecule has 0 fully saturated rings. The summed E-state index contributed by atoms with van der Waals surface area (Å²) in [6.45, 7) is 0. The fourth-order valence-electron chi connectivity index (χ4n) is 1.13. The molecular weight excluding hydrogens is 261 g/mol. The highest BCUT2D eigenvalue weighted by atomic mass is 79.9. The van der Waals surface area contributed by atoms with E-state index in [1.807, 2.05) is 0 Å². The molecule has 0 atom stereocenters. The smallest absolute Gasteiger partial charge is 0.345 e. The number of halogens is 4. The van der Waals surface area contributed by atoms with Crippen LogP contribution in [0, 0.1) is 0 Å². The van der Waals surface area contributed by atoms with E-state index >= 15 is 0 Å². The molecule has 0 aliphatic carbocycles.